The Kier molecular flexibility index (Phi) is 4.38. The van der Waals surface area contributed by atoms with E-state index in [9.17, 15) is 0 Å². The normalized spacial score (nSPS) is 10.5. The second kappa shape index (κ2) is 5.81. The first kappa shape index (κ1) is 12.8. The second-order valence-corrected chi connectivity index (χ2v) is 5.62. The van der Waals surface area contributed by atoms with Crippen LogP contribution in [0.4, 0.5) is 0 Å². The van der Waals surface area contributed by atoms with E-state index in [1.165, 1.54) is 10.5 Å². The van der Waals surface area contributed by atoms with E-state index < -0.39 is 0 Å². The van der Waals surface area contributed by atoms with E-state index in [1.54, 1.807) is 11.8 Å². The third-order valence-corrected chi connectivity index (χ3v) is 4.01. The highest BCUT2D eigenvalue weighted by Gasteiger charge is 2.04. The van der Waals surface area contributed by atoms with Gasteiger partial charge in [0.1, 0.15) is 0 Å². The van der Waals surface area contributed by atoms with Gasteiger partial charge in [0.15, 0.2) is 0 Å². The van der Waals surface area contributed by atoms with Gasteiger partial charge < -0.3 is 0 Å². The summed E-state index contributed by atoms with van der Waals surface area (Å²) >= 11 is 13.6. The molecule has 0 saturated heterocycles. The largest absolute Gasteiger partial charge is 0.122 e. The summed E-state index contributed by atoms with van der Waals surface area (Å²) in [5.41, 5.74) is 2.34. The van der Waals surface area contributed by atoms with Crippen molar-refractivity contribution in [1.29, 1.82) is 0 Å². The summed E-state index contributed by atoms with van der Waals surface area (Å²) in [6.45, 7) is 2.09. The average Bonchev–Trinajstić information content (AvgIpc) is 2.31. The quantitative estimate of drug-likeness (QED) is 0.666. The lowest BCUT2D eigenvalue weighted by Gasteiger charge is -2.07. The van der Waals surface area contributed by atoms with Crippen LogP contribution in [0.2, 0.25) is 5.02 Å². The first-order chi connectivity index (χ1) is 8.19. The minimum absolute atomic E-state index is 0.481. The number of alkyl halides is 1. The molecule has 0 fully saturated rings. The molecule has 0 aliphatic heterocycles. The van der Waals surface area contributed by atoms with Crippen molar-refractivity contribution in [2.75, 3.05) is 0 Å². The standard InChI is InChI=1S/C14H12Cl2S/c1-10-3-2-4-13(7-10)17-14-6-5-12(16)8-11(14)9-15/h2-8H,9H2,1H3. The molecule has 3 heteroatoms. The highest BCUT2D eigenvalue weighted by Crippen LogP contribution is 2.33. The molecule has 0 bridgehead atoms. The Hall–Kier alpha value is -0.630. The van der Waals surface area contributed by atoms with Gasteiger partial charge in [0.05, 0.1) is 0 Å². The molecule has 0 heterocycles. The lowest BCUT2D eigenvalue weighted by atomic mass is 10.2. The van der Waals surface area contributed by atoms with Gasteiger partial charge >= 0.3 is 0 Å². The zero-order valence-corrected chi connectivity index (χ0v) is 11.7. The second-order valence-electron chi connectivity index (χ2n) is 3.80. The van der Waals surface area contributed by atoms with Gasteiger partial charge in [-0.15, -0.1) is 11.6 Å². The van der Waals surface area contributed by atoms with E-state index in [0.717, 1.165) is 15.5 Å². The van der Waals surface area contributed by atoms with Crippen LogP contribution < -0.4 is 0 Å². The Morgan fingerprint density at radius 3 is 2.65 bits per heavy atom. The topological polar surface area (TPSA) is 0 Å². The van der Waals surface area contributed by atoms with Crippen molar-refractivity contribution in [3.05, 3.63) is 58.6 Å². The van der Waals surface area contributed by atoms with Crippen molar-refractivity contribution in [3.8, 4) is 0 Å². The molecule has 0 spiro atoms. The minimum Gasteiger partial charge on any atom is -0.122 e. The molecular formula is C14H12Cl2S. The summed E-state index contributed by atoms with van der Waals surface area (Å²) < 4.78 is 0. The predicted octanol–water partition coefficient (Wildman–Crippen LogP) is 5.54. The predicted molar refractivity (Wildman–Crippen MR) is 76.3 cm³/mol. The Morgan fingerprint density at radius 1 is 1.12 bits per heavy atom. The molecule has 0 amide bonds. The molecule has 0 nitrogen and oxygen atoms in total. The third-order valence-electron chi connectivity index (χ3n) is 2.38. The van der Waals surface area contributed by atoms with Crippen LogP contribution in [0, 0.1) is 6.92 Å². The number of rotatable bonds is 3. The molecule has 0 unspecified atom stereocenters. The molecule has 88 valence electrons. The molecule has 0 aromatic heterocycles. The fourth-order valence-electron chi connectivity index (χ4n) is 1.56. The van der Waals surface area contributed by atoms with E-state index in [1.807, 2.05) is 18.2 Å². The fraction of sp³-hybridized carbons (Fsp3) is 0.143. The van der Waals surface area contributed by atoms with Crippen LogP contribution in [0.5, 0.6) is 0 Å². The van der Waals surface area contributed by atoms with Gasteiger partial charge in [-0.2, -0.15) is 0 Å². The van der Waals surface area contributed by atoms with Gasteiger partial charge in [-0.1, -0.05) is 41.1 Å². The highest BCUT2D eigenvalue weighted by molar-refractivity contribution is 7.99. The third kappa shape index (κ3) is 3.41. The number of hydrogen-bond donors (Lipinski definition) is 0. The lowest BCUT2D eigenvalue weighted by molar-refractivity contribution is 1.25. The molecule has 2 rings (SSSR count). The Balaban J connectivity index is 2.29. The summed E-state index contributed by atoms with van der Waals surface area (Å²) in [6.07, 6.45) is 0. The van der Waals surface area contributed by atoms with Crippen molar-refractivity contribution in [3.63, 3.8) is 0 Å². The van der Waals surface area contributed by atoms with Crippen LogP contribution in [0.3, 0.4) is 0 Å². The summed E-state index contributed by atoms with van der Waals surface area (Å²) in [4.78, 5) is 2.38. The molecule has 0 saturated carbocycles. The molecule has 2 aromatic carbocycles. The number of halogens is 2. The van der Waals surface area contributed by atoms with Crippen LogP contribution in [0.15, 0.2) is 52.3 Å². The van der Waals surface area contributed by atoms with E-state index in [0.29, 0.717) is 5.88 Å². The van der Waals surface area contributed by atoms with Crippen molar-refractivity contribution in [2.45, 2.75) is 22.6 Å². The van der Waals surface area contributed by atoms with Crippen LogP contribution in [-0.2, 0) is 5.88 Å². The van der Waals surface area contributed by atoms with Crippen molar-refractivity contribution < 1.29 is 0 Å². The van der Waals surface area contributed by atoms with Gasteiger partial charge in [-0.3, -0.25) is 0 Å². The Labute approximate surface area is 116 Å². The maximum Gasteiger partial charge on any atom is 0.0485 e. The first-order valence-corrected chi connectivity index (χ1v) is 7.01. The van der Waals surface area contributed by atoms with E-state index in [-0.39, 0.29) is 0 Å². The summed E-state index contributed by atoms with van der Waals surface area (Å²) in [5.74, 6) is 0.481. The smallest absolute Gasteiger partial charge is 0.0485 e. The minimum atomic E-state index is 0.481. The van der Waals surface area contributed by atoms with Crippen molar-refractivity contribution in [2.24, 2.45) is 0 Å². The lowest BCUT2D eigenvalue weighted by Crippen LogP contribution is -1.84. The van der Waals surface area contributed by atoms with Crippen molar-refractivity contribution >= 4 is 35.0 Å². The van der Waals surface area contributed by atoms with Crippen molar-refractivity contribution in [1.82, 2.24) is 0 Å². The monoisotopic (exact) mass is 282 g/mol. The zero-order valence-electron chi connectivity index (χ0n) is 9.41. The average molecular weight is 283 g/mol. The Bertz CT molecular complexity index is 523. The molecule has 2 aromatic rings. The van der Waals surface area contributed by atoms with Crippen LogP contribution in [-0.4, -0.2) is 0 Å². The van der Waals surface area contributed by atoms with Gasteiger partial charge in [0, 0.05) is 20.7 Å². The molecule has 0 aliphatic rings. The SMILES string of the molecule is Cc1cccc(Sc2ccc(Cl)cc2CCl)c1. The first-order valence-electron chi connectivity index (χ1n) is 5.28. The number of hydrogen-bond acceptors (Lipinski definition) is 1. The Morgan fingerprint density at radius 2 is 1.94 bits per heavy atom. The maximum atomic E-state index is 5.96. The molecule has 0 aliphatic carbocycles. The van der Waals surface area contributed by atoms with Crippen LogP contribution >= 0.6 is 35.0 Å². The molecular weight excluding hydrogens is 271 g/mol. The zero-order chi connectivity index (χ0) is 12.3. The van der Waals surface area contributed by atoms with E-state index >= 15 is 0 Å². The van der Waals surface area contributed by atoms with Gasteiger partial charge in [-0.25, -0.2) is 0 Å². The van der Waals surface area contributed by atoms with Gasteiger partial charge in [0.25, 0.3) is 0 Å². The van der Waals surface area contributed by atoms with Gasteiger partial charge in [0.2, 0.25) is 0 Å². The molecule has 0 atom stereocenters. The maximum absolute atomic E-state index is 5.96. The van der Waals surface area contributed by atoms with Crippen LogP contribution in [0.1, 0.15) is 11.1 Å². The molecule has 17 heavy (non-hydrogen) atoms. The highest BCUT2D eigenvalue weighted by atomic mass is 35.5. The summed E-state index contributed by atoms with van der Waals surface area (Å²) in [5, 5.41) is 0.731. The summed E-state index contributed by atoms with van der Waals surface area (Å²) in [7, 11) is 0. The van der Waals surface area contributed by atoms with E-state index in [4.69, 9.17) is 23.2 Å². The molecule has 0 N–H and O–H groups in total. The van der Waals surface area contributed by atoms with Crippen LogP contribution in [0.25, 0.3) is 0 Å². The molecule has 0 radical (unpaired) electrons. The number of benzene rings is 2. The van der Waals surface area contributed by atoms with Gasteiger partial charge in [-0.05, 0) is 42.8 Å². The fourth-order valence-corrected chi connectivity index (χ4v) is 3.10. The number of aryl methyl sites for hydroxylation is 1. The van der Waals surface area contributed by atoms with E-state index in [2.05, 4.69) is 31.2 Å². The summed E-state index contributed by atoms with van der Waals surface area (Å²) in [6, 6.07) is 14.3.